The monoisotopic (exact) mass is 415 g/mol. The van der Waals surface area contributed by atoms with Gasteiger partial charge >= 0.3 is 0 Å². The van der Waals surface area contributed by atoms with Crippen LogP contribution in [0.1, 0.15) is 43.0 Å². The maximum atomic E-state index is 13.5. The fourth-order valence-electron chi connectivity index (χ4n) is 4.67. The highest BCUT2D eigenvalue weighted by molar-refractivity contribution is 7.09. The minimum atomic E-state index is -0.0439. The van der Waals surface area contributed by atoms with Gasteiger partial charge < -0.3 is 4.57 Å². The normalized spacial score (nSPS) is 15.5. The average molecular weight is 416 g/mol. The summed E-state index contributed by atoms with van der Waals surface area (Å²) in [5.74, 6) is 0. The highest BCUT2D eigenvalue weighted by Crippen LogP contribution is 2.35. The molecule has 4 heterocycles. The summed E-state index contributed by atoms with van der Waals surface area (Å²) < 4.78 is 3.88. The van der Waals surface area contributed by atoms with E-state index >= 15 is 0 Å². The zero-order chi connectivity index (χ0) is 20.1. The Labute approximate surface area is 176 Å². The van der Waals surface area contributed by atoms with Gasteiger partial charge in [-0.05, 0) is 36.4 Å². The van der Waals surface area contributed by atoms with E-state index in [4.69, 9.17) is 15.0 Å². The summed E-state index contributed by atoms with van der Waals surface area (Å²) in [5, 5.41) is 2.62. The van der Waals surface area contributed by atoms with Crippen LogP contribution in [0.2, 0.25) is 0 Å². The summed E-state index contributed by atoms with van der Waals surface area (Å²) in [4.78, 5) is 29.3. The average Bonchev–Trinajstić information content (AvgIpc) is 3.40. The molecule has 0 bridgehead atoms. The lowest BCUT2D eigenvalue weighted by Crippen LogP contribution is -2.21. The molecule has 1 aromatic carbocycles. The maximum Gasteiger partial charge on any atom is 0.265 e. The molecule has 150 valence electrons. The molecule has 6 nitrogen and oxygen atoms in total. The molecule has 0 aliphatic heterocycles. The van der Waals surface area contributed by atoms with Gasteiger partial charge in [0.1, 0.15) is 17.2 Å². The van der Waals surface area contributed by atoms with E-state index in [2.05, 4.69) is 4.57 Å². The number of rotatable bonds is 3. The SMILES string of the molecule is O=c1c2c3nc4ccccc4nc3n(C3CCCCC3)c2ncn1Cc1cccs1. The van der Waals surface area contributed by atoms with Crippen molar-refractivity contribution in [3.63, 3.8) is 0 Å². The summed E-state index contributed by atoms with van der Waals surface area (Å²) in [6.07, 6.45) is 7.52. The smallest absolute Gasteiger partial charge is 0.265 e. The Morgan fingerprint density at radius 3 is 2.53 bits per heavy atom. The molecular weight excluding hydrogens is 394 g/mol. The van der Waals surface area contributed by atoms with E-state index in [1.165, 1.54) is 19.3 Å². The van der Waals surface area contributed by atoms with Gasteiger partial charge in [-0.3, -0.25) is 9.36 Å². The van der Waals surface area contributed by atoms with Crippen LogP contribution < -0.4 is 5.56 Å². The van der Waals surface area contributed by atoms with Crippen molar-refractivity contribution >= 4 is 44.6 Å². The third-order valence-corrected chi connectivity index (χ3v) is 6.97. The number of hydrogen-bond donors (Lipinski definition) is 0. The van der Waals surface area contributed by atoms with Crippen molar-refractivity contribution in [1.29, 1.82) is 0 Å². The van der Waals surface area contributed by atoms with Gasteiger partial charge in [-0.1, -0.05) is 37.5 Å². The first-order chi connectivity index (χ1) is 14.8. The molecule has 0 unspecified atom stereocenters. The summed E-state index contributed by atoms with van der Waals surface area (Å²) in [7, 11) is 0. The number of nitrogens with zero attached hydrogens (tertiary/aromatic N) is 5. The Morgan fingerprint density at radius 2 is 1.77 bits per heavy atom. The Bertz CT molecular complexity index is 1430. The van der Waals surface area contributed by atoms with Crippen molar-refractivity contribution in [3.05, 3.63) is 63.3 Å². The molecule has 0 spiro atoms. The van der Waals surface area contributed by atoms with Gasteiger partial charge in [0.2, 0.25) is 0 Å². The van der Waals surface area contributed by atoms with E-state index in [0.29, 0.717) is 23.5 Å². The minimum absolute atomic E-state index is 0.0439. The summed E-state index contributed by atoms with van der Waals surface area (Å²) in [6.45, 7) is 0.524. The first-order valence-electron chi connectivity index (χ1n) is 10.5. The number of fused-ring (bicyclic) bond motifs is 4. The van der Waals surface area contributed by atoms with Crippen molar-refractivity contribution in [2.24, 2.45) is 0 Å². The fourth-order valence-corrected chi connectivity index (χ4v) is 5.37. The number of benzene rings is 1. The molecule has 1 aliphatic rings. The van der Waals surface area contributed by atoms with Gasteiger partial charge in [0.25, 0.3) is 5.56 Å². The second-order valence-corrected chi connectivity index (χ2v) is 9.03. The van der Waals surface area contributed by atoms with Crippen LogP contribution >= 0.6 is 11.3 Å². The molecule has 6 rings (SSSR count). The largest absolute Gasteiger partial charge is 0.305 e. The molecular formula is C23H21N5OS. The van der Waals surface area contributed by atoms with Gasteiger partial charge in [0, 0.05) is 10.9 Å². The van der Waals surface area contributed by atoms with Gasteiger partial charge in [-0.25, -0.2) is 15.0 Å². The summed E-state index contributed by atoms with van der Waals surface area (Å²) in [5.41, 5.74) is 3.79. The first-order valence-corrected chi connectivity index (χ1v) is 11.4. The van der Waals surface area contributed by atoms with Gasteiger partial charge in [-0.2, -0.15) is 0 Å². The van der Waals surface area contributed by atoms with Crippen LogP contribution in [0.3, 0.4) is 0 Å². The highest BCUT2D eigenvalue weighted by Gasteiger charge is 2.25. The van der Waals surface area contributed by atoms with Crippen molar-refractivity contribution in [3.8, 4) is 0 Å². The molecule has 0 radical (unpaired) electrons. The lowest BCUT2D eigenvalue weighted by molar-refractivity contribution is 0.365. The van der Waals surface area contributed by atoms with Crippen LogP contribution in [-0.2, 0) is 6.54 Å². The van der Waals surface area contributed by atoms with Crippen LogP contribution in [0.5, 0.6) is 0 Å². The lowest BCUT2D eigenvalue weighted by atomic mass is 9.95. The molecule has 0 saturated heterocycles. The number of thiophene rings is 1. The zero-order valence-corrected chi connectivity index (χ0v) is 17.3. The van der Waals surface area contributed by atoms with E-state index in [9.17, 15) is 4.79 Å². The van der Waals surface area contributed by atoms with Crippen LogP contribution in [0.4, 0.5) is 0 Å². The lowest BCUT2D eigenvalue weighted by Gasteiger charge is -2.24. The van der Waals surface area contributed by atoms with E-state index < -0.39 is 0 Å². The van der Waals surface area contributed by atoms with Crippen LogP contribution in [0.15, 0.2) is 52.9 Å². The first kappa shape index (κ1) is 17.8. The fraction of sp³-hybridized carbons (Fsp3) is 0.304. The molecule has 4 aromatic heterocycles. The van der Waals surface area contributed by atoms with Crippen LogP contribution in [0.25, 0.3) is 33.2 Å². The molecule has 0 N–H and O–H groups in total. The molecule has 0 atom stereocenters. The number of aromatic nitrogens is 5. The number of para-hydroxylation sites is 2. The molecule has 1 fully saturated rings. The van der Waals surface area contributed by atoms with E-state index in [1.54, 1.807) is 22.2 Å². The van der Waals surface area contributed by atoms with Gasteiger partial charge in [0.15, 0.2) is 11.3 Å². The Kier molecular flexibility index (Phi) is 4.16. The molecule has 5 aromatic rings. The zero-order valence-electron chi connectivity index (χ0n) is 16.5. The quantitative estimate of drug-likeness (QED) is 0.420. The second kappa shape index (κ2) is 7.02. The topological polar surface area (TPSA) is 65.6 Å². The predicted molar refractivity (Wildman–Crippen MR) is 120 cm³/mol. The Balaban J connectivity index is 1.67. The van der Waals surface area contributed by atoms with Crippen LogP contribution in [-0.4, -0.2) is 24.1 Å². The molecule has 1 aliphatic carbocycles. The van der Waals surface area contributed by atoms with E-state index in [1.807, 2.05) is 41.8 Å². The molecule has 7 heteroatoms. The maximum absolute atomic E-state index is 13.5. The minimum Gasteiger partial charge on any atom is -0.305 e. The second-order valence-electron chi connectivity index (χ2n) is 8.00. The third kappa shape index (κ3) is 2.76. The molecule has 0 amide bonds. The predicted octanol–water partition coefficient (Wildman–Crippen LogP) is 4.91. The van der Waals surface area contributed by atoms with Gasteiger partial charge in [-0.15, -0.1) is 11.3 Å². The van der Waals surface area contributed by atoms with E-state index in [-0.39, 0.29) is 5.56 Å². The summed E-state index contributed by atoms with van der Waals surface area (Å²) in [6, 6.07) is 12.2. The Hall–Kier alpha value is -3.06. The van der Waals surface area contributed by atoms with Crippen molar-refractivity contribution in [2.45, 2.75) is 44.7 Å². The molecule has 30 heavy (non-hydrogen) atoms. The highest BCUT2D eigenvalue weighted by atomic mass is 32.1. The third-order valence-electron chi connectivity index (χ3n) is 6.11. The molecule has 1 saturated carbocycles. The van der Waals surface area contributed by atoms with Crippen molar-refractivity contribution < 1.29 is 0 Å². The van der Waals surface area contributed by atoms with Crippen LogP contribution in [0, 0.1) is 0 Å². The van der Waals surface area contributed by atoms with E-state index in [0.717, 1.165) is 40.0 Å². The van der Waals surface area contributed by atoms with Crippen molar-refractivity contribution in [2.75, 3.05) is 0 Å². The number of hydrogen-bond acceptors (Lipinski definition) is 5. The summed E-state index contributed by atoms with van der Waals surface area (Å²) >= 11 is 1.64. The standard InChI is InChI=1S/C23H21N5OS/c29-23-19-20-22(26-18-11-5-4-10-17(18)25-20)28(15-7-2-1-3-8-15)21(19)24-14-27(23)13-16-9-6-12-30-16/h4-6,9-12,14-15H,1-3,7-8,13H2. The Morgan fingerprint density at radius 1 is 0.967 bits per heavy atom. The van der Waals surface area contributed by atoms with Gasteiger partial charge in [0.05, 0.1) is 17.6 Å². The van der Waals surface area contributed by atoms with Crippen molar-refractivity contribution in [1.82, 2.24) is 24.1 Å².